The Hall–Kier alpha value is -1.55. The number of nitrogens with zero attached hydrogens (tertiary/aromatic N) is 3. The molecule has 1 aliphatic carbocycles. The smallest absolute Gasteiger partial charge is 0.225 e. The predicted molar refractivity (Wildman–Crippen MR) is 90.0 cm³/mol. The van der Waals surface area contributed by atoms with Gasteiger partial charge in [-0.1, -0.05) is 18.6 Å². The lowest BCUT2D eigenvalue weighted by atomic mass is 9.84. The molecule has 2 fully saturated rings. The van der Waals surface area contributed by atoms with Crippen molar-refractivity contribution >= 4 is 11.6 Å². The summed E-state index contributed by atoms with van der Waals surface area (Å²) in [6, 6.07) is 8.78. The fraction of sp³-hybridized carbons (Fsp3) is 0.611. The first-order valence-corrected chi connectivity index (χ1v) is 8.41. The molecule has 0 bridgehead atoms. The van der Waals surface area contributed by atoms with Gasteiger partial charge >= 0.3 is 0 Å². The zero-order chi connectivity index (χ0) is 15.5. The lowest BCUT2D eigenvalue weighted by Crippen LogP contribution is -2.51. The number of hydrogen-bond acceptors (Lipinski definition) is 3. The first-order chi connectivity index (χ1) is 10.6. The number of anilines is 1. The standard InChI is InChI=1S/C18H27N3O/c1-19(2)14-15-5-3-8-17(13-15)20-9-11-21(12-10-20)18(22)16-6-4-7-16/h3,5,8,13,16H,4,6-7,9-12,14H2,1-2H3. The molecule has 0 aromatic heterocycles. The highest BCUT2D eigenvalue weighted by Crippen LogP contribution is 2.29. The maximum absolute atomic E-state index is 12.3. The molecule has 0 N–H and O–H groups in total. The van der Waals surface area contributed by atoms with Crippen LogP contribution in [0, 0.1) is 5.92 Å². The van der Waals surface area contributed by atoms with Crippen molar-refractivity contribution in [3.63, 3.8) is 0 Å². The average Bonchev–Trinajstić information content (AvgIpc) is 2.45. The van der Waals surface area contributed by atoms with Crippen molar-refractivity contribution in [3.8, 4) is 0 Å². The van der Waals surface area contributed by atoms with Crippen LogP contribution in [0.15, 0.2) is 24.3 Å². The summed E-state index contributed by atoms with van der Waals surface area (Å²) >= 11 is 0. The van der Waals surface area contributed by atoms with Crippen LogP contribution < -0.4 is 4.90 Å². The fourth-order valence-electron chi connectivity index (χ4n) is 3.32. The van der Waals surface area contributed by atoms with Gasteiger partial charge in [0.1, 0.15) is 0 Å². The van der Waals surface area contributed by atoms with E-state index in [2.05, 4.69) is 53.1 Å². The molecule has 22 heavy (non-hydrogen) atoms. The van der Waals surface area contributed by atoms with Crippen LogP contribution in [0.1, 0.15) is 24.8 Å². The van der Waals surface area contributed by atoms with Gasteiger partial charge in [0.2, 0.25) is 5.91 Å². The van der Waals surface area contributed by atoms with Crippen molar-refractivity contribution in [1.82, 2.24) is 9.80 Å². The van der Waals surface area contributed by atoms with Crippen molar-refractivity contribution < 1.29 is 4.79 Å². The van der Waals surface area contributed by atoms with Crippen molar-refractivity contribution in [2.75, 3.05) is 45.2 Å². The van der Waals surface area contributed by atoms with Gasteiger partial charge in [0.25, 0.3) is 0 Å². The van der Waals surface area contributed by atoms with Crippen LogP contribution in [0.4, 0.5) is 5.69 Å². The van der Waals surface area contributed by atoms with E-state index in [0.717, 1.165) is 45.6 Å². The minimum Gasteiger partial charge on any atom is -0.368 e. The maximum atomic E-state index is 12.3. The number of carbonyl (C=O) groups excluding carboxylic acids is 1. The molecule has 1 heterocycles. The highest BCUT2D eigenvalue weighted by atomic mass is 16.2. The summed E-state index contributed by atoms with van der Waals surface area (Å²) < 4.78 is 0. The Bertz CT molecular complexity index is 517. The second-order valence-electron chi connectivity index (χ2n) is 6.85. The maximum Gasteiger partial charge on any atom is 0.225 e. The molecule has 1 saturated heterocycles. The van der Waals surface area contributed by atoms with Crippen LogP contribution in [0.2, 0.25) is 0 Å². The molecule has 2 aliphatic rings. The largest absolute Gasteiger partial charge is 0.368 e. The van der Waals surface area contributed by atoms with Gasteiger partial charge in [0.15, 0.2) is 0 Å². The molecule has 0 spiro atoms. The van der Waals surface area contributed by atoms with Crippen LogP contribution in [0.5, 0.6) is 0 Å². The zero-order valence-corrected chi connectivity index (χ0v) is 13.8. The molecule has 120 valence electrons. The molecule has 1 saturated carbocycles. The molecular formula is C18H27N3O. The van der Waals surface area contributed by atoms with Gasteiger partial charge in [-0.3, -0.25) is 4.79 Å². The van der Waals surface area contributed by atoms with Gasteiger partial charge in [0, 0.05) is 44.3 Å². The third-order valence-corrected chi connectivity index (χ3v) is 4.82. The van der Waals surface area contributed by atoms with Crippen LogP contribution in [0.25, 0.3) is 0 Å². The molecule has 1 aliphatic heterocycles. The molecule has 0 unspecified atom stereocenters. The summed E-state index contributed by atoms with van der Waals surface area (Å²) in [4.78, 5) is 19.0. The van der Waals surface area contributed by atoms with Crippen LogP contribution >= 0.6 is 0 Å². The number of benzene rings is 1. The summed E-state index contributed by atoms with van der Waals surface area (Å²) in [5.41, 5.74) is 2.63. The molecule has 4 nitrogen and oxygen atoms in total. The number of carbonyl (C=O) groups is 1. The van der Waals surface area contributed by atoms with E-state index in [9.17, 15) is 4.79 Å². The van der Waals surface area contributed by atoms with Gasteiger partial charge in [0.05, 0.1) is 0 Å². The summed E-state index contributed by atoms with van der Waals surface area (Å²) in [7, 11) is 4.19. The van der Waals surface area contributed by atoms with Gasteiger partial charge < -0.3 is 14.7 Å². The summed E-state index contributed by atoms with van der Waals surface area (Å²) in [5.74, 6) is 0.724. The third-order valence-electron chi connectivity index (χ3n) is 4.82. The van der Waals surface area contributed by atoms with E-state index in [1.54, 1.807) is 0 Å². The van der Waals surface area contributed by atoms with Crippen LogP contribution in [-0.2, 0) is 11.3 Å². The molecule has 1 amide bonds. The van der Waals surface area contributed by atoms with E-state index >= 15 is 0 Å². The van der Waals surface area contributed by atoms with E-state index < -0.39 is 0 Å². The van der Waals surface area contributed by atoms with Crippen LogP contribution in [0.3, 0.4) is 0 Å². The van der Waals surface area contributed by atoms with E-state index in [0.29, 0.717) is 11.8 Å². The van der Waals surface area contributed by atoms with Gasteiger partial charge in [-0.05, 0) is 44.6 Å². The first-order valence-electron chi connectivity index (χ1n) is 8.41. The Morgan fingerprint density at radius 1 is 1.18 bits per heavy atom. The number of amides is 1. The molecule has 1 aromatic carbocycles. The monoisotopic (exact) mass is 301 g/mol. The second-order valence-corrected chi connectivity index (χ2v) is 6.85. The molecular weight excluding hydrogens is 274 g/mol. The van der Waals surface area contributed by atoms with Crippen molar-refractivity contribution in [1.29, 1.82) is 0 Å². The Morgan fingerprint density at radius 2 is 1.91 bits per heavy atom. The quantitative estimate of drug-likeness (QED) is 0.853. The van der Waals surface area contributed by atoms with Gasteiger partial charge in [-0.15, -0.1) is 0 Å². The normalized spacial score (nSPS) is 19.4. The average molecular weight is 301 g/mol. The van der Waals surface area contributed by atoms with E-state index in [-0.39, 0.29) is 0 Å². The van der Waals surface area contributed by atoms with Crippen molar-refractivity contribution in [2.45, 2.75) is 25.8 Å². The Kier molecular flexibility index (Phi) is 4.67. The van der Waals surface area contributed by atoms with Gasteiger partial charge in [-0.25, -0.2) is 0 Å². The summed E-state index contributed by atoms with van der Waals surface area (Å²) in [6.45, 7) is 4.60. The minimum absolute atomic E-state index is 0.329. The lowest BCUT2D eigenvalue weighted by molar-refractivity contribution is -0.138. The highest BCUT2D eigenvalue weighted by molar-refractivity contribution is 5.79. The third kappa shape index (κ3) is 3.43. The Balaban J connectivity index is 1.57. The number of hydrogen-bond donors (Lipinski definition) is 0. The van der Waals surface area contributed by atoms with E-state index in [1.807, 2.05) is 0 Å². The van der Waals surface area contributed by atoms with Crippen molar-refractivity contribution in [3.05, 3.63) is 29.8 Å². The fourth-order valence-corrected chi connectivity index (χ4v) is 3.32. The molecule has 0 radical (unpaired) electrons. The zero-order valence-electron chi connectivity index (χ0n) is 13.8. The van der Waals surface area contributed by atoms with Gasteiger partial charge in [-0.2, -0.15) is 0 Å². The number of piperazine rings is 1. The predicted octanol–water partition coefficient (Wildman–Crippen LogP) is 2.20. The Morgan fingerprint density at radius 3 is 2.50 bits per heavy atom. The minimum atomic E-state index is 0.329. The van der Waals surface area contributed by atoms with E-state index in [4.69, 9.17) is 0 Å². The summed E-state index contributed by atoms with van der Waals surface area (Å²) in [6.07, 6.45) is 3.44. The second kappa shape index (κ2) is 6.69. The SMILES string of the molecule is CN(C)Cc1cccc(N2CCN(C(=O)C3CCC3)CC2)c1. The first kappa shape index (κ1) is 15.3. The lowest BCUT2D eigenvalue weighted by Gasteiger charge is -2.39. The molecule has 4 heteroatoms. The van der Waals surface area contributed by atoms with Crippen LogP contribution in [-0.4, -0.2) is 56.0 Å². The highest BCUT2D eigenvalue weighted by Gasteiger charge is 2.31. The Labute approximate surface area is 133 Å². The molecule has 3 rings (SSSR count). The van der Waals surface area contributed by atoms with Crippen molar-refractivity contribution in [2.24, 2.45) is 5.92 Å². The topological polar surface area (TPSA) is 26.8 Å². The number of rotatable bonds is 4. The summed E-state index contributed by atoms with van der Waals surface area (Å²) in [5, 5.41) is 0. The molecule has 1 aromatic rings. The van der Waals surface area contributed by atoms with E-state index in [1.165, 1.54) is 17.7 Å². The molecule has 0 atom stereocenters.